The second-order valence-electron chi connectivity index (χ2n) is 8.63. The van der Waals surface area contributed by atoms with Gasteiger partial charge in [-0.25, -0.2) is 0 Å². The minimum Gasteiger partial charge on any atom is -0.451 e. The first-order valence-electron chi connectivity index (χ1n) is 10.8. The van der Waals surface area contributed by atoms with Crippen molar-refractivity contribution in [3.05, 3.63) is 69.4 Å². The molecule has 1 aliphatic rings. The monoisotopic (exact) mass is 439 g/mol. The molecule has 1 atom stereocenters. The molecule has 4 rings (SSSR count). The first-order chi connectivity index (χ1) is 14.8. The Morgan fingerprint density at radius 2 is 1.77 bits per heavy atom. The number of hydrogen-bond donors (Lipinski definition) is 1. The molecule has 0 radical (unpaired) electrons. The maximum Gasteiger partial charge on any atom is 0.287 e. The Hall–Kier alpha value is -2.34. The van der Waals surface area contributed by atoms with E-state index in [4.69, 9.17) is 16.0 Å². The summed E-state index contributed by atoms with van der Waals surface area (Å²) in [6.45, 7) is 10.5. The third-order valence-corrected chi connectivity index (χ3v) is 6.52. The van der Waals surface area contributed by atoms with E-state index in [-0.39, 0.29) is 11.9 Å². The van der Waals surface area contributed by atoms with Crippen LogP contribution in [-0.2, 0) is 0 Å². The minimum absolute atomic E-state index is 0.0866. The Morgan fingerprint density at radius 3 is 2.45 bits per heavy atom. The minimum atomic E-state index is -0.168. The Bertz CT molecular complexity index is 1080. The van der Waals surface area contributed by atoms with Crippen LogP contribution in [0.4, 0.5) is 0 Å². The smallest absolute Gasteiger partial charge is 0.287 e. The third-order valence-electron chi connectivity index (χ3n) is 6.27. The molecule has 2 aromatic carbocycles. The number of amides is 1. The fourth-order valence-electron chi connectivity index (χ4n) is 4.55. The van der Waals surface area contributed by atoms with E-state index in [1.165, 1.54) is 0 Å². The molecule has 0 spiro atoms. The number of hydrogen-bond acceptors (Lipinski definition) is 4. The Morgan fingerprint density at radius 1 is 1.10 bits per heavy atom. The Kier molecular flexibility index (Phi) is 6.37. The Balaban J connectivity index is 1.56. The van der Waals surface area contributed by atoms with Gasteiger partial charge in [0.1, 0.15) is 5.58 Å². The van der Waals surface area contributed by atoms with E-state index >= 15 is 0 Å². The summed E-state index contributed by atoms with van der Waals surface area (Å²) in [5, 5.41) is 4.88. The molecule has 0 bridgehead atoms. The van der Waals surface area contributed by atoms with Crippen molar-refractivity contribution in [2.24, 2.45) is 0 Å². The zero-order valence-corrected chi connectivity index (χ0v) is 19.4. The van der Waals surface area contributed by atoms with Crippen molar-refractivity contribution in [1.82, 2.24) is 15.1 Å². The van der Waals surface area contributed by atoms with Crippen molar-refractivity contribution in [2.75, 3.05) is 39.8 Å². The summed E-state index contributed by atoms with van der Waals surface area (Å²) in [5.74, 6) is 0.232. The van der Waals surface area contributed by atoms with Crippen molar-refractivity contribution >= 4 is 28.5 Å². The number of benzene rings is 2. The molecule has 1 saturated heterocycles. The van der Waals surface area contributed by atoms with E-state index in [1.54, 1.807) is 0 Å². The van der Waals surface area contributed by atoms with Crippen LogP contribution in [0.25, 0.3) is 11.0 Å². The van der Waals surface area contributed by atoms with Crippen LogP contribution in [0.15, 0.2) is 40.8 Å². The number of furan rings is 1. The molecular weight excluding hydrogens is 410 g/mol. The molecule has 1 N–H and O–H groups in total. The van der Waals surface area contributed by atoms with Crippen LogP contribution in [0.5, 0.6) is 0 Å². The zero-order chi connectivity index (χ0) is 22.1. The molecule has 1 aromatic heterocycles. The maximum atomic E-state index is 13.1. The van der Waals surface area contributed by atoms with Crippen LogP contribution in [0.2, 0.25) is 5.02 Å². The predicted octanol–water partition coefficient (Wildman–Crippen LogP) is 4.73. The van der Waals surface area contributed by atoms with E-state index in [1.807, 2.05) is 32.0 Å². The van der Waals surface area contributed by atoms with Gasteiger partial charge in [-0.15, -0.1) is 0 Å². The number of nitrogens with one attached hydrogen (secondary N) is 1. The van der Waals surface area contributed by atoms with Crippen molar-refractivity contribution in [2.45, 2.75) is 26.8 Å². The average Bonchev–Trinajstić information content (AvgIpc) is 3.07. The van der Waals surface area contributed by atoms with Crippen LogP contribution in [-0.4, -0.2) is 55.5 Å². The fourth-order valence-corrected chi connectivity index (χ4v) is 4.68. The molecule has 6 heteroatoms. The maximum absolute atomic E-state index is 13.1. The number of likely N-dealkylation sites (N-methyl/N-ethyl adjacent to an activating group) is 1. The SMILES string of the molecule is Cc1cc(C)c2c(C)c(C(=O)NC[C@H](c3ccc(Cl)cc3)N3CCN(C)CC3)oc2c1. The lowest BCUT2D eigenvalue weighted by Crippen LogP contribution is -2.48. The van der Waals surface area contributed by atoms with Gasteiger partial charge in [0.2, 0.25) is 0 Å². The highest BCUT2D eigenvalue weighted by molar-refractivity contribution is 6.30. The van der Waals surface area contributed by atoms with E-state index < -0.39 is 0 Å². The van der Waals surface area contributed by atoms with E-state index in [2.05, 4.69) is 47.3 Å². The molecule has 31 heavy (non-hydrogen) atoms. The van der Waals surface area contributed by atoms with Crippen molar-refractivity contribution in [3.8, 4) is 0 Å². The molecule has 1 amide bonds. The third kappa shape index (κ3) is 4.64. The molecule has 1 fully saturated rings. The summed E-state index contributed by atoms with van der Waals surface area (Å²) in [6, 6.07) is 12.1. The quantitative estimate of drug-likeness (QED) is 0.624. The lowest BCUT2D eigenvalue weighted by atomic mass is 10.0. The molecule has 0 saturated carbocycles. The van der Waals surface area contributed by atoms with E-state index in [0.717, 1.165) is 59.4 Å². The van der Waals surface area contributed by atoms with Gasteiger partial charge in [0.15, 0.2) is 5.76 Å². The molecule has 0 unspecified atom stereocenters. The molecule has 2 heterocycles. The molecular formula is C25H30ClN3O2. The average molecular weight is 440 g/mol. The second-order valence-corrected chi connectivity index (χ2v) is 9.06. The summed E-state index contributed by atoms with van der Waals surface area (Å²) >= 11 is 6.11. The number of carbonyl (C=O) groups excluding carboxylic acids is 1. The molecule has 1 aliphatic heterocycles. The largest absolute Gasteiger partial charge is 0.451 e. The van der Waals surface area contributed by atoms with Crippen LogP contribution in [0.3, 0.4) is 0 Å². The summed E-state index contributed by atoms with van der Waals surface area (Å²) < 4.78 is 5.99. The molecule has 0 aliphatic carbocycles. The highest BCUT2D eigenvalue weighted by Crippen LogP contribution is 2.30. The van der Waals surface area contributed by atoms with Crippen LogP contribution in [0.1, 0.15) is 38.9 Å². The molecule has 5 nitrogen and oxygen atoms in total. The number of rotatable bonds is 5. The Labute approximate surface area is 189 Å². The summed E-state index contributed by atoms with van der Waals surface area (Å²) in [4.78, 5) is 17.9. The first kappa shape index (κ1) is 21.9. The van der Waals surface area contributed by atoms with Gasteiger partial charge < -0.3 is 14.6 Å². The van der Waals surface area contributed by atoms with Gasteiger partial charge in [0, 0.05) is 48.7 Å². The van der Waals surface area contributed by atoms with Crippen molar-refractivity contribution in [3.63, 3.8) is 0 Å². The standard InChI is InChI=1S/C25H30ClN3O2/c1-16-13-17(2)23-18(3)24(31-22(23)14-16)25(30)27-15-21(19-5-7-20(26)8-6-19)29-11-9-28(4)10-12-29/h5-8,13-14,21H,9-12,15H2,1-4H3,(H,27,30)/t21-/m1/s1. The van der Waals surface area contributed by atoms with E-state index in [0.29, 0.717) is 17.3 Å². The normalized spacial score (nSPS) is 16.5. The predicted molar refractivity (Wildman–Crippen MR) is 126 cm³/mol. The van der Waals surface area contributed by atoms with E-state index in [9.17, 15) is 4.79 Å². The van der Waals surface area contributed by atoms with Crippen LogP contribution in [0, 0.1) is 20.8 Å². The van der Waals surface area contributed by atoms with Gasteiger partial charge in [-0.1, -0.05) is 29.8 Å². The highest BCUT2D eigenvalue weighted by atomic mass is 35.5. The van der Waals surface area contributed by atoms with Gasteiger partial charge in [0.05, 0.1) is 6.04 Å². The number of halogens is 1. The van der Waals surface area contributed by atoms with Gasteiger partial charge >= 0.3 is 0 Å². The molecule has 3 aromatic rings. The number of piperazine rings is 1. The summed E-state index contributed by atoms with van der Waals surface area (Å²) in [6.07, 6.45) is 0. The second kappa shape index (κ2) is 9.03. The van der Waals surface area contributed by atoms with Crippen LogP contribution >= 0.6 is 11.6 Å². The summed E-state index contributed by atoms with van der Waals surface area (Å²) in [5.41, 5.74) is 5.08. The summed E-state index contributed by atoms with van der Waals surface area (Å²) in [7, 11) is 2.14. The lowest BCUT2D eigenvalue weighted by Gasteiger charge is -2.38. The van der Waals surface area contributed by atoms with Crippen molar-refractivity contribution < 1.29 is 9.21 Å². The van der Waals surface area contributed by atoms with Crippen LogP contribution < -0.4 is 5.32 Å². The van der Waals surface area contributed by atoms with Gasteiger partial charge in [-0.3, -0.25) is 9.69 Å². The number of carbonyl (C=O) groups is 1. The topological polar surface area (TPSA) is 48.7 Å². The van der Waals surface area contributed by atoms with Crippen molar-refractivity contribution in [1.29, 1.82) is 0 Å². The number of nitrogens with zero attached hydrogens (tertiary/aromatic N) is 2. The fraction of sp³-hybridized carbons (Fsp3) is 0.400. The number of aryl methyl sites for hydroxylation is 3. The first-order valence-corrected chi connectivity index (χ1v) is 11.2. The highest BCUT2D eigenvalue weighted by Gasteiger charge is 2.26. The number of fused-ring (bicyclic) bond motifs is 1. The molecule has 164 valence electrons. The van der Waals surface area contributed by atoms with Gasteiger partial charge in [0.25, 0.3) is 5.91 Å². The van der Waals surface area contributed by atoms with Gasteiger partial charge in [-0.2, -0.15) is 0 Å². The zero-order valence-electron chi connectivity index (χ0n) is 18.7. The van der Waals surface area contributed by atoms with Gasteiger partial charge in [-0.05, 0) is 62.7 Å². The lowest BCUT2D eigenvalue weighted by molar-refractivity contribution is 0.0864.